The van der Waals surface area contributed by atoms with Gasteiger partial charge < -0.3 is 15.2 Å². The minimum atomic E-state index is -0.542. The van der Waals surface area contributed by atoms with Gasteiger partial charge in [0.2, 0.25) is 0 Å². The van der Waals surface area contributed by atoms with Gasteiger partial charge in [-0.2, -0.15) is 0 Å². The molecule has 4 heteroatoms. The summed E-state index contributed by atoms with van der Waals surface area (Å²) in [5, 5.41) is 11.7. The normalized spacial score (nSPS) is 13.7. The number of hydrogen-bond acceptors (Lipinski definition) is 3. The molecule has 0 saturated heterocycles. The van der Waals surface area contributed by atoms with Crippen molar-refractivity contribution >= 4 is 5.91 Å². The second kappa shape index (κ2) is 7.71. The van der Waals surface area contributed by atoms with E-state index in [2.05, 4.69) is 5.32 Å². The Balaban J connectivity index is 2.46. The highest BCUT2D eigenvalue weighted by Crippen LogP contribution is 2.11. The van der Waals surface area contributed by atoms with Gasteiger partial charge in [-0.15, -0.1) is 0 Å². The number of benzene rings is 1. The van der Waals surface area contributed by atoms with Crippen LogP contribution in [0.4, 0.5) is 0 Å². The van der Waals surface area contributed by atoms with Gasteiger partial charge in [0, 0.05) is 12.6 Å². The Bertz CT molecular complexity index is 353. The summed E-state index contributed by atoms with van der Waals surface area (Å²) in [4.78, 5) is 11.9. The van der Waals surface area contributed by atoms with Gasteiger partial charge >= 0.3 is 0 Å². The highest BCUT2D eigenvalue weighted by Gasteiger charge is 2.17. The van der Waals surface area contributed by atoms with E-state index in [1.165, 1.54) is 0 Å². The topological polar surface area (TPSA) is 58.6 Å². The largest absolute Gasteiger partial charge is 0.481 e. The van der Waals surface area contributed by atoms with Crippen molar-refractivity contribution in [1.82, 2.24) is 5.32 Å². The summed E-state index contributed by atoms with van der Waals surface area (Å²) in [6, 6.07) is 9.25. The molecule has 2 unspecified atom stereocenters. The first-order chi connectivity index (χ1) is 8.67. The molecule has 0 aliphatic carbocycles. The molecule has 0 saturated carbocycles. The van der Waals surface area contributed by atoms with Gasteiger partial charge in [0.05, 0.1) is 0 Å². The van der Waals surface area contributed by atoms with Crippen LogP contribution in [0.25, 0.3) is 0 Å². The van der Waals surface area contributed by atoms with Gasteiger partial charge in [-0.05, 0) is 31.9 Å². The molecule has 0 heterocycles. The molecule has 2 atom stereocenters. The van der Waals surface area contributed by atoms with Crippen molar-refractivity contribution in [3.05, 3.63) is 30.3 Å². The SMILES string of the molecule is CCC(CCO)NC(=O)C(C)Oc1ccccc1. The Morgan fingerprint density at radius 2 is 2.06 bits per heavy atom. The van der Waals surface area contributed by atoms with Crippen molar-refractivity contribution in [2.24, 2.45) is 0 Å². The lowest BCUT2D eigenvalue weighted by Gasteiger charge is -2.19. The summed E-state index contributed by atoms with van der Waals surface area (Å²) in [6.45, 7) is 3.77. The molecule has 0 aliphatic rings. The first kappa shape index (κ1) is 14.5. The maximum absolute atomic E-state index is 11.9. The molecule has 0 fully saturated rings. The van der Waals surface area contributed by atoms with Crippen LogP contribution in [0.2, 0.25) is 0 Å². The molecule has 0 spiro atoms. The van der Waals surface area contributed by atoms with E-state index in [0.717, 1.165) is 6.42 Å². The van der Waals surface area contributed by atoms with Crippen molar-refractivity contribution in [3.63, 3.8) is 0 Å². The van der Waals surface area contributed by atoms with Crippen LogP contribution in [-0.2, 0) is 4.79 Å². The second-order valence-electron chi connectivity index (χ2n) is 4.20. The lowest BCUT2D eigenvalue weighted by molar-refractivity contribution is -0.128. The summed E-state index contributed by atoms with van der Waals surface area (Å²) in [7, 11) is 0. The quantitative estimate of drug-likeness (QED) is 0.776. The third-order valence-electron chi connectivity index (χ3n) is 2.74. The predicted molar refractivity (Wildman–Crippen MR) is 70.5 cm³/mol. The number of aliphatic hydroxyl groups excluding tert-OH is 1. The minimum Gasteiger partial charge on any atom is -0.481 e. The number of aliphatic hydroxyl groups is 1. The van der Waals surface area contributed by atoms with E-state index in [4.69, 9.17) is 9.84 Å². The molecule has 0 aliphatic heterocycles. The summed E-state index contributed by atoms with van der Waals surface area (Å²) in [5.41, 5.74) is 0. The molecule has 1 aromatic rings. The zero-order valence-electron chi connectivity index (χ0n) is 10.9. The number of hydrogen-bond donors (Lipinski definition) is 2. The Kier molecular flexibility index (Phi) is 6.22. The van der Waals surface area contributed by atoms with Crippen LogP contribution in [0.3, 0.4) is 0 Å². The Morgan fingerprint density at radius 3 is 2.61 bits per heavy atom. The molecule has 1 rings (SSSR count). The lowest BCUT2D eigenvalue weighted by Crippen LogP contribution is -2.42. The minimum absolute atomic E-state index is 0.00400. The second-order valence-corrected chi connectivity index (χ2v) is 4.20. The van der Waals surface area contributed by atoms with Crippen LogP contribution >= 0.6 is 0 Å². The standard InChI is InChI=1S/C14H21NO3/c1-3-12(9-10-16)15-14(17)11(2)18-13-7-5-4-6-8-13/h4-8,11-12,16H,3,9-10H2,1-2H3,(H,15,17). The van der Waals surface area contributed by atoms with Crippen molar-refractivity contribution in [1.29, 1.82) is 0 Å². The fourth-order valence-electron chi connectivity index (χ4n) is 1.61. The fourth-order valence-corrected chi connectivity index (χ4v) is 1.61. The zero-order valence-corrected chi connectivity index (χ0v) is 10.9. The third kappa shape index (κ3) is 4.75. The number of para-hydroxylation sites is 1. The number of ether oxygens (including phenoxy) is 1. The van der Waals surface area contributed by atoms with Gasteiger partial charge in [0.25, 0.3) is 5.91 Å². The molecule has 0 bridgehead atoms. The van der Waals surface area contributed by atoms with Crippen LogP contribution in [0.5, 0.6) is 5.75 Å². The number of carbonyl (C=O) groups excluding carboxylic acids is 1. The molecule has 1 aromatic carbocycles. The van der Waals surface area contributed by atoms with E-state index in [1.54, 1.807) is 6.92 Å². The number of nitrogens with one attached hydrogen (secondary N) is 1. The van der Waals surface area contributed by atoms with Gasteiger partial charge in [0.15, 0.2) is 6.10 Å². The highest BCUT2D eigenvalue weighted by atomic mass is 16.5. The molecule has 18 heavy (non-hydrogen) atoms. The molecule has 1 amide bonds. The Hall–Kier alpha value is -1.55. The van der Waals surface area contributed by atoms with E-state index in [9.17, 15) is 4.79 Å². The van der Waals surface area contributed by atoms with Crippen molar-refractivity contribution in [3.8, 4) is 5.75 Å². The molecule has 4 nitrogen and oxygen atoms in total. The fraction of sp³-hybridized carbons (Fsp3) is 0.500. The maximum atomic E-state index is 11.9. The van der Waals surface area contributed by atoms with Gasteiger partial charge in [-0.1, -0.05) is 25.1 Å². The monoisotopic (exact) mass is 251 g/mol. The summed E-state index contributed by atoms with van der Waals surface area (Å²) in [5.74, 6) is 0.523. The van der Waals surface area contributed by atoms with E-state index in [-0.39, 0.29) is 18.6 Å². The van der Waals surface area contributed by atoms with Crippen molar-refractivity contribution < 1.29 is 14.6 Å². The van der Waals surface area contributed by atoms with Crippen molar-refractivity contribution in [2.75, 3.05) is 6.61 Å². The average Bonchev–Trinajstić information content (AvgIpc) is 2.39. The van der Waals surface area contributed by atoms with E-state index in [0.29, 0.717) is 12.2 Å². The molecular formula is C14H21NO3. The molecule has 0 radical (unpaired) electrons. The van der Waals surface area contributed by atoms with Crippen LogP contribution in [0.1, 0.15) is 26.7 Å². The van der Waals surface area contributed by atoms with Crippen LogP contribution in [0.15, 0.2) is 30.3 Å². The third-order valence-corrected chi connectivity index (χ3v) is 2.74. The number of amides is 1. The summed E-state index contributed by atoms with van der Waals surface area (Å²) in [6.07, 6.45) is 0.824. The average molecular weight is 251 g/mol. The number of carbonyl (C=O) groups is 1. The van der Waals surface area contributed by atoms with Crippen LogP contribution < -0.4 is 10.1 Å². The van der Waals surface area contributed by atoms with Crippen LogP contribution in [0, 0.1) is 0 Å². The zero-order chi connectivity index (χ0) is 13.4. The lowest BCUT2D eigenvalue weighted by atomic mass is 10.1. The van der Waals surface area contributed by atoms with E-state index >= 15 is 0 Å². The van der Waals surface area contributed by atoms with Gasteiger partial charge in [0.1, 0.15) is 5.75 Å². The Labute approximate surface area is 108 Å². The predicted octanol–water partition coefficient (Wildman–Crippen LogP) is 1.73. The van der Waals surface area contributed by atoms with E-state index in [1.807, 2.05) is 37.3 Å². The maximum Gasteiger partial charge on any atom is 0.260 e. The van der Waals surface area contributed by atoms with Gasteiger partial charge in [-0.3, -0.25) is 4.79 Å². The molecule has 2 N–H and O–H groups in total. The van der Waals surface area contributed by atoms with Crippen molar-refractivity contribution in [2.45, 2.75) is 38.8 Å². The molecule has 100 valence electrons. The van der Waals surface area contributed by atoms with Crippen LogP contribution in [-0.4, -0.2) is 29.8 Å². The van der Waals surface area contributed by atoms with Gasteiger partial charge in [-0.25, -0.2) is 0 Å². The molecule has 0 aromatic heterocycles. The molecular weight excluding hydrogens is 230 g/mol. The Morgan fingerprint density at radius 1 is 1.39 bits per heavy atom. The number of rotatable bonds is 7. The first-order valence-electron chi connectivity index (χ1n) is 6.30. The summed E-state index contributed by atoms with van der Waals surface area (Å²) < 4.78 is 5.53. The highest BCUT2D eigenvalue weighted by molar-refractivity contribution is 5.81. The first-order valence-corrected chi connectivity index (χ1v) is 6.30. The smallest absolute Gasteiger partial charge is 0.260 e. The van der Waals surface area contributed by atoms with E-state index < -0.39 is 6.10 Å². The summed E-state index contributed by atoms with van der Waals surface area (Å²) >= 11 is 0.